The molecule has 0 aliphatic rings. The first-order valence-corrected chi connectivity index (χ1v) is 5.15. The van der Waals surface area contributed by atoms with Crippen LogP contribution in [-0.4, -0.2) is 19.3 Å². The third-order valence-corrected chi connectivity index (χ3v) is 2.56. The molecule has 2 N–H and O–H groups in total. The lowest BCUT2D eigenvalue weighted by molar-refractivity contribution is 0.436. The smallest absolute Gasteiger partial charge is 0.169 e. The summed E-state index contributed by atoms with van der Waals surface area (Å²) in [6.07, 6.45) is 0. The van der Waals surface area contributed by atoms with Crippen molar-refractivity contribution in [2.75, 3.05) is 24.7 Å². The first kappa shape index (κ1) is 10.8. The first-order chi connectivity index (χ1) is 7.58. The predicted octanol–water partition coefficient (Wildman–Crippen LogP) is 2.64. The van der Waals surface area contributed by atoms with E-state index in [2.05, 4.69) is 5.16 Å². The number of aromatic nitrogens is 1. The Bertz CT molecular complexity index is 508. The zero-order valence-corrected chi connectivity index (χ0v) is 9.82. The zero-order chi connectivity index (χ0) is 11.7. The predicted molar refractivity (Wildman–Crippen MR) is 65.7 cm³/mol. The van der Waals surface area contributed by atoms with Gasteiger partial charge in [0.25, 0.3) is 0 Å². The van der Waals surface area contributed by atoms with Gasteiger partial charge in [0, 0.05) is 25.7 Å². The number of nitrogens with zero attached hydrogens (tertiary/aromatic N) is 2. The zero-order valence-electron chi connectivity index (χ0n) is 9.07. The van der Waals surface area contributed by atoms with E-state index in [1.54, 1.807) is 6.07 Å². The van der Waals surface area contributed by atoms with E-state index in [1.165, 1.54) is 0 Å². The molecule has 0 bridgehead atoms. The van der Waals surface area contributed by atoms with Crippen LogP contribution in [0, 0.1) is 0 Å². The van der Waals surface area contributed by atoms with Crippen molar-refractivity contribution in [3.8, 4) is 11.3 Å². The maximum absolute atomic E-state index is 6.07. The van der Waals surface area contributed by atoms with Gasteiger partial charge in [0.2, 0.25) is 0 Å². The molecular weight excluding hydrogens is 226 g/mol. The summed E-state index contributed by atoms with van der Waals surface area (Å²) in [6.45, 7) is 0. The molecule has 5 heteroatoms. The van der Waals surface area contributed by atoms with Gasteiger partial charge in [0.1, 0.15) is 0 Å². The van der Waals surface area contributed by atoms with Crippen molar-refractivity contribution in [2.45, 2.75) is 0 Å². The second-order valence-corrected chi connectivity index (χ2v) is 4.08. The van der Waals surface area contributed by atoms with E-state index >= 15 is 0 Å². The summed E-state index contributed by atoms with van der Waals surface area (Å²) in [6, 6.07) is 7.31. The molecule has 0 aliphatic carbocycles. The standard InChI is InChI=1S/C11H12ClN3O/c1-15(2)9-5-7(3-4-8(9)12)10-6-11(13)14-16-10/h3-6H,1-2H3,(H2,13,14). The van der Waals surface area contributed by atoms with E-state index in [1.807, 2.05) is 37.2 Å². The van der Waals surface area contributed by atoms with Crippen molar-refractivity contribution in [1.82, 2.24) is 5.16 Å². The van der Waals surface area contributed by atoms with Gasteiger partial charge >= 0.3 is 0 Å². The summed E-state index contributed by atoms with van der Waals surface area (Å²) >= 11 is 6.07. The van der Waals surface area contributed by atoms with Crippen LogP contribution in [0.1, 0.15) is 0 Å². The second-order valence-electron chi connectivity index (χ2n) is 3.68. The van der Waals surface area contributed by atoms with E-state index in [0.717, 1.165) is 11.3 Å². The molecule has 2 aromatic rings. The minimum Gasteiger partial charge on any atom is -0.381 e. The van der Waals surface area contributed by atoms with Crippen LogP contribution < -0.4 is 10.6 Å². The molecule has 0 amide bonds. The molecule has 0 saturated carbocycles. The maximum Gasteiger partial charge on any atom is 0.169 e. The molecule has 0 aliphatic heterocycles. The Morgan fingerprint density at radius 2 is 2.06 bits per heavy atom. The highest BCUT2D eigenvalue weighted by Gasteiger charge is 2.09. The number of nitrogen functional groups attached to an aromatic ring is 1. The molecule has 0 spiro atoms. The van der Waals surface area contributed by atoms with Crippen LogP contribution >= 0.6 is 11.6 Å². The van der Waals surface area contributed by atoms with Gasteiger partial charge in [-0.15, -0.1) is 0 Å². The highest BCUT2D eigenvalue weighted by molar-refractivity contribution is 6.33. The number of nitrogens with two attached hydrogens (primary N) is 1. The van der Waals surface area contributed by atoms with Gasteiger partial charge in [0.05, 0.1) is 10.7 Å². The van der Waals surface area contributed by atoms with Crippen LogP contribution in [-0.2, 0) is 0 Å². The third-order valence-electron chi connectivity index (χ3n) is 2.24. The van der Waals surface area contributed by atoms with Crippen molar-refractivity contribution in [3.63, 3.8) is 0 Å². The quantitative estimate of drug-likeness (QED) is 0.873. The maximum atomic E-state index is 6.07. The molecule has 16 heavy (non-hydrogen) atoms. The number of benzene rings is 1. The number of hydrogen-bond donors (Lipinski definition) is 1. The lowest BCUT2D eigenvalue weighted by Crippen LogP contribution is -2.09. The minimum atomic E-state index is 0.372. The normalized spacial score (nSPS) is 10.4. The van der Waals surface area contributed by atoms with Crippen LogP contribution in [0.25, 0.3) is 11.3 Å². The lowest BCUT2D eigenvalue weighted by Gasteiger charge is -2.14. The van der Waals surface area contributed by atoms with Crippen LogP contribution in [0.4, 0.5) is 11.5 Å². The Morgan fingerprint density at radius 3 is 2.62 bits per heavy atom. The van der Waals surface area contributed by atoms with Crippen molar-refractivity contribution in [1.29, 1.82) is 0 Å². The number of anilines is 2. The fraction of sp³-hybridized carbons (Fsp3) is 0.182. The lowest BCUT2D eigenvalue weighted by atomic mass is 10.1. The van der Waals surface area contributed by atoms with E-state index in [-0.39, 0.29) is 0 Å². The summed E-state index contributed by atoms with van der Waals surface area (Å²) in [4.78, 5) is 1.94. The molecule has 1 aromatic carbocycles. The van der Waals surface area contributed by atoms with E-state index in [9.17, 15) is 0 Å². The molecule has 1 aromatic heterocycles. The van der Waals surface area contributed by atoms with Crippen LogP contribution in [0.15, 0.2) is 28.8 Å². The summed E-state index contributed by atoms with van der Waals surface area (Å²) in [5, 5.41) is 4.34. The summed E-state index contributed by atoms with van der Waals surface area (Å²) in [5.41, 5.74) is 7.33. The molecule has 84 valence electrons. The summed E-state index contributed by atoms with van der Waals surface area (Å²) in [7, 11) is 3.86. The van der Waals surface area contributed by atoms with Crippen molar-refractivity contribution in [3.05, 3.63) is 29.3 Å². The average molecular weight is 238 g/mol. The third kappa shape index (κ3) is 1.97. The Labute approximate surface area is 98.6 Å². The van der Waals surface area contributed by atoms with Gasteiger partial charge < -0.3 is 15.2 Å². The molecule has 2 rings (SSSR count). The Balaban J connectivity index is 2.47. The van der Waals surface area contributed by atoms with Crippen molar-refractivity contribution < 1.29 is 4.52 Å². The average Bonchev–Trinajstić information content (AvgIpc) is 2.65. The molecule has 0 saturated heterocycles. The summed E-state index contributed by atoms with van der Waals surface area (Å²) < 4.78 is 5.09. The highest BCUT2D eigenvalue weighted by Crippen LogP contribution is 2.30. The van der Waals surface area contributed by atoms with Crippen molar-refractivity contribution >= 4 is 23.1 Å². The Kier molecular flexibility index (Phi) is 2.75. The fourth-order valence-corrected chi connectivity index (χ4v) is 1.72. The van der Waals surface area contributed by atoms with Gasteiger partial charge in [-0.1, -0.05) is 16.8 Å². The molecule has 0 atom stereocenters. The van der Waals surface area contributed by atoms with Gasteiger partial charge in [-0.3, -0.25) is 0 Å². The minimum absolute atomic E-state index is 0.372. The molecular formula is C11H12ClN3O. The number of hydrogen-bond acceptors (Lipinski definition) is 4. The van der Waals surface area contributed by atoms with Crippen LogP contribution in [0.5, 0.6) is 0 Å². The van der Waals surface area contributed by atoms with Crippen molar-refractivity contribution in [2.24, 2.45) is 0 Å². The highest BCUT2D eigenvalue weighted by atomic mass is 35.5. The van der Waals surface area contributed by atoms with Gasteiger partial charge in [-0.25, -0.2) is 0 Å². The van der Waals surface area contributed by atoms with Gasteiger partial charge in [-0.2, -0.15) is 0 Å². The van der Waals surface area contributed by atoms with Gasteiger partial charge in [-0.05, 0) is 18.2 Å². The molecule has 0 unspecified atom stereocenters. The largest absolute Gasteiger partial charge is 0.381 e. The number of halogens is 1. The number of rotatable bonds is 2. The molecule has 0 radical (unpaired) electrons. The summed E-state index contributed by atoms with van der Waals surface area (Å²) in [5.74, 6) is 1.01. The van der Waals surface area contributed by atoms with Gasteiger partial charge in [0.15, 0.2) is 11.6 Å². The first-order valence-electron chi connectivity index (χ1n) is 4.77. The van der Waals surface area contributed by atoms with Crippen LogP contribution in [0.2, 0.25) is 5.02 Å². The SMILES string of the molecule is CN(C)c1cc(-c2cc(N)no2)ccc1Cl. The molecule has 0 fully saturated rings. The van der Waals surface area contributed by atoms with Crippen LogP contribution in [0.3, 0.4) is 0 Å². The molecule has 4 nitrogen and oxygen atoms in total. The Morgan fingerprint density at radius 1 is 1.31 bits per heavy atom. The molecule has 1 heterocycles. The fourth-order valence-electron chi connectivity index (χ4n) is 1.43. The Hall–Kier alpha value is -1.68. The monoisotopic (exact) mass is 237 g/mol. The van der Waals surface area contributed by atoms with E-state index in [4.69, 9.17) is 21.9 Å². The van der Waals surface area contributed by atoms with E-state index in [0.29, 0.717) is 16.6 Å². The van der Waals surface area contributed by atoms with E-state index < -0.39 is 0 Å². The second kappa shape index (κ2) is 4.06. The topological polar surface area (TPSA) is 55.3 Å².